The number of nitrogens with zero attached hydrogens (tertiary/aromatic N) is 1. The fraction of sp³-hybridized carbons (Fsp3) is 0.412. The van der Waals surface area contributed by atoms with E-state index >= 15 is 0 Å². The van der Waals surface area contributed by atoms with E-state index in [9.17, 15) is 4.79 Å². The van der Waals surface area contributed by atoms with Crippen molar-refractivity contribution in [2.45, 2.75) is 6.92 Å². The molecule has 110 valence electrons. The van der Waals surface area contributed by atoms with E-state index in [1.54, 1.807) is 11.3 Å². The molecule has 1 aromatic heterocycles. The topological polar surface area (TPSA) is 32.3 Å². The number of hydrogen-bond donors (Lipinski definition) is 1. The Hall–Kier alpha value is -1.45. The van der Waals surface area contributed by atoms with Gasteiger partial charge in [0.15, 0.2) is 0 Å². The van der Waals surface area contributed by atoms with Crippen LogP contribution in [0.5, 0.6) is 0 Å². The van der Waals surface area contributed by atoms with Crippen LogP contribution in [0.4, 0.5) is 0 Å². The van der Waals surface area contributed by atoms with E-state index in [0.717, 1.165) is 43.9 Å². The Bertz CT molecular complexity index is 666. The maximum absolute atomic E-state index is 11.5. The second kappa shape index (κ2) is 6.54. The third-order valence-corrected chi connectivity index (χ3v) is 5.08. The standard InChI is InChI=1S/C17H20N2OS/c1-13(10-19-8-6-18-7-9-19)15(11-20)16-12-21-17-5-3-2-4-14(16)17/h2-5,12-13,18H,6-10H2,1H3. The highest BCUT2D eigenvalue weighted by Gasteiger charge is 2.20. The van der Waals surface area contributed by atoms with Crippen LogP contribution in [-0.4, -0.2) is 43.6 Å². The quantitative estimate of drug-likeness (QED) is 0.881. The zero-order chi connectivity index (χ0) is 14.7. The Labute approximate surface area is 129 Å². The minimum atomic E-state index is 0.207. The predicted molar refractivity (Wildman–Crippen MR) is 89.4 cm³/mol. The fourth-order valence-corrected chi connectivity index (χ4v) is 3.94. The number of benzene rings is 1. The van der Waals surface area contributed by atoms with Crippen LogP contribution in [-0.2, 0) is 4.79 Å². The molecule has 2 heterocycles. The molecule has 1 atom stereocenters. The van der Waals surface area contributed by atoms with Crippen molar-refractivity contribution in [3.05, 3.63) is 35.2 Å². The molecule has 0 radical (unpaired) electrons. The maximum atomic E-state index is 11.5. The number of hydrogen-bond acceptors (Lipinski definition) is 4. The van der Waals surface area contributed by atoms with E-state index in [0.29, 0.717) is 0 Å². The van der Waals surface area contributed by atoms with Crippen molar-refractivity contribution in [3.8, 4) is 0 Å². The second-order valence-electron chi connectivity index (χ2n) is 5.61. The highest BCUT2D eigenvalue weighted by Crippen LogP contribution is 2.33. The van der Waals surface area contributed by atoms with Gasteiger partial charge < -0.3 is 10.2 Å². The SMILES string of the molecule is CC(CN1CCNCC1)C(=C=O)c1csc2ccccc12. The molecule has 0 bridgehead atoms. The second-order valence-corrected chi connectivity index (χ2v) is 6.52. The van der Waals surface area contributed by atoms with Gasteiger partial charge in [0.1, 0.15) is 5.94 Å². The van der Waals surface area contributed by atoms with E-state index in [1.165, 1.54) is 10.1 Å². The van der Waals surface area contributed by atoms with E-state index in [1.807, 2.05) is 12.1 Å². The fourth-order valence-electron chi connectivity index (χ4n) is 2.98. The van der Waals surface area contributed by atoms with Gasteiger partial charge in [0, 0.05) is 65.2 Å². The van der Waals surface area contributed by atoms with Crippen LogP contribution in [0.25, 0.3) is 15.7 Å². The van der Waals surface area contributed by atoms with Crippen molar-refractivity contribution >= 4 is 32.9 Å². The third kappa shape index (κ3) is 3.09. The van der Waals surface area contributed by atoms with Gasteiger partial charge in [-0.05, 0) is 6.07 Å². The van der Waals surface area contributed by atoms with Crippen LogP contribution < -0.4 is 5.32 Å². The summed E-state index contributed by atoms with van der Waals surface area (Å²) in [6.45, 7) is 7.25. The number of rotatable bonds is 4. The summed E-state index contributed by atoms with van der Waals surface area (Å²) in [6, 6.07) is 8.27. The van der Waals surface area contributed by atoms with Gasteiger partial charge in [-0.25, -0.2) is 4.79 Å². The minimum Gasteiger partial charge on any atom is -0.314 e. The molecule has 4 heteroatoms. The van der Waals surface area contributed by atoms with Crippen molar-refractivity contribution in [1.82, 2.24) is 10.2 Å². The summed E-state index contributed by atoms with van der Waals surface area (Å²) in [6.07, 6.45) is 0. The smallest absolute Gasteiger partial charge is 0.128 e. The van der Waals surface area contributed by atoms with Gasteiger partial charge in [-0.2, -0.15) is 0 Å². The lowest BCUT2D eigenvalue weighted by atomic mass is 9.94. The van der Waals surface area contributed by atoms with Gasteiger partial charge in [-0.3, -0.25) is 0 Å². The molecule has 1 aromatic carbocycles. The molecule has 1 aliphatic rings. The van der Waals surface area contributed by atoms with Crippen molar-refractivity contribution < 1.29 is 4.79 Å². The first-order valence-corrected chi connectivity index (χ1v) is 8.32. The summed E-state index contributed by atoms with van der Waals surface area (Å²) in [5.41, 5.74) is 1.87. The Kier molecular flexibility index (Phi) is 4.51. The predicted octanol–water partition coefficient (Wildman–Crippen LogP) is 2.66. The third-order valence-electron chi connectivity index (χ3n) is 4.12. The molecular formula is C17H20N2OS. The Morgan fingerprint density at radius 1 is 1.38 bits per heavy atom. The highest BCUT2D eigenvalue weighted by atomic mass is 32.1. The first-order chi connectivity index (χ1) is 10.3. The molecule has 21 heavy (non-hydrogen) atoms. The van der Waals surface area contributed by atoms with Crippen LogP contribution in [0.2, 0.25) is 0 Å². The summed E-state index contributed by atoms with van der Waals surface area (Å²) < 4.78 is 1.23. The number of carbonyl (C=O) groups excluding carboxylic acids is 1. The molecule has 0 saturated carbocycles. The van der Waals surface area contributed by atoms with Crippen LogP contribution in [0.1, 0.15) is 12.5 Å². The van der Waals surface area contributed by atoms with Crippen LogP contribution in [0.15, 0.2) is 29.6 Å². The summed E-state index contributed by atoms with van der Waals surface area (Å²) in [7, 11) is 0. The largest absolute Gasteiger partial charge is 0.314 e. The van der Waals surface area contributed by atoms with Crippen molar-refractivity contribution in [2.75, 3.05) is 32.7 Å². The zero-order valence-electron chi connectivity index (χ0n) is 12.3. The van der Waals surface area contributed by atoms with Gasteiger partial charge in [0.05, 0.1) is 0 Å². The summed E-state index contributed by atoms with van der Waals surface area (Å²) in [5.74, 6) is 2.42. The minimum absolute atomic E-state index is 0.207. The number of nitrogens with one attached hydrogen (secondary N) is 1. The molecule has 0 aliphatic carbocycles. The maximum Gasteiger partial charge on any atom is 0.128 e. The van der Waals surface area contributed by atoms with Gasteiger partial charge in [0.25, 0.3) is 0 Å². The van der Waals surface area contributed by atoms with Gasteiger partial charge >= 0.3 is 0 Å². The van der Waals surface area contributed by atoms with Crippen molar-refractivity contribution in [3.63, 3.8) is 0 Å². The van der Waals surface area contributed by atoms with Gasteiger partial charge in [-0.15, -0.1) is 11.3 Å². The molecular weight excluding hydrogens is 280 g/mol. The van der Waals surface area contributed by atoms with E-state index in [2.05, 4.69) is 40.6 Å². The summed E-state index contributed by atoms with van der Waals surface area (Å²) in [4.78, 5) is 14.0. The normalized spacial score (nSPS) is 17.6. The van der Waals surface area contributed by atoms with Crippen molar-refractivity contribution in [1.29, 1.82) is 0 Å². The first kappa shape index (κ1) is 14.5. The molecule has 0 spiro atoms. The Morgan fingerprint density at radius 3 is 2.90 bits per heavy atom. The molecule has 1 saturated heterocycles. The van der Waals surface area contributed by atoms with Crippen molar-refractivity contribution in [2.24, 2.45) is 5.92 Å². The van der Waals surface area contributed by atoms with Crippen LogP contribution >= 0.6 is 11.3 Å². The summed E-state index contributed by atoms with van der Waals surface area (Å²) >= 11 is 1.70. The molecule has 1 N–H and O–H groups in total. The monoisotopic (exact) mass is 300 g/mol. The molecule has 3 nitrogen and oxygen atoms in total. The highest BCUT2D eigenvalue weighted by molar-refractivity contribution is 7.17. The van der Waals surface area contributed by atoms with E-state index < -0.39 is 0 Å². The molecule has 1 fully saturated rings. The average molecular weight is 300 g/mol. The van der Waals surface area contributed by atoms with Gasteiger partial charge in [0.2, 0.25) is 0 Å². The first-order valence-electron chi connectivity index (χ1n) is 7.44. The lowest BCUT2D eigenvalue weighted by molar-refractivity contribution is 0.227. The lowest BCUT2D eigenvalue weighted by Crippen LogP contribution is -2.45. The molecule has 1 aliphatic heterocycles. The van der Waals surface area contributed by atoms with Crippen LogP contribution in [0.3, 0.4) is 0 Å². The van der Waals surface area contributed by atoms with Gasteiger partial charge in [-0.1, -0.05) is 25.1 Å². The zero-order valence-corrected chi connectivity index (χ0v) is 13.1. The molecule has 1 unspecified atom stereocenters. The molecule has 3 rings (SSSR count). The molecule has 2 aromatic rings. The average Bonchev–Trinajstić information content (AvgIpc) is 2.93. The number of piperazine rings is 1. The number of fused-ring (bicyclic) bond motifs is 1. The molecule has 0 amide bonds. The van der Waals surface area contributed by atoms with E-state index in [4.69, 9.17) is 0 Å². The lowest BCUT2D eigenvalue weighted by Gasteiger charge is -2.29. The Balaban J connectivity index is 1.82. The summed E-state index contributed by atoms with van der Waals surface area (Å²) in [5, 5.41) is 6.63. The number of thiophene rings is 1. The Morgan fingerprint density at radius 2 is 2.14 bits per heavy atom. The van der Waals surface area contributed by atoms with E-state index in [-0.39, 0.29) is 5.92 Å². The van der Waals surface area contributed by atoms with Crippen LogP contribution in [0, 0.1) is 5.92 Å².